The molecule has 0 aliphatic heterocycles. The first kappa shape index (κ1) is 11.1. The molecule has 0 radical (unpaired) electrons. The third kappa shape index (κ3) is 2.39. The monoisotopic (exact) mass is 235 g/mol. The number of hydrogen-bond donors (Lipinski definition) is 0. The van der Waals surface area contributed by atoms with Crippen molar-refractivity contribution in [3.8, 4) is 0 Å². The Hall–Kier alpha value is -1.42. The van der Waals surface area contributed by atoms with Crippen molar-refractivity contribution < 1.29 is 9.53 Å². The van der Waals surface area contributed by atoms with Gasteiger partial charge in [0.05, 0.1) is 6.61 Å². The number of carbonyl (C=O) groups is 1. The van der Waals surface area contributed by atoms with Gasteiger partial charge in [0.15, 0.2) is 0 Å². The number of unbranched alkanes of at least 4 members (excludes halogenated alkanes) is 1. The van der Waals surface area contributed by atoms with Crippen LogP contribution in [0.4, 0.5) is 0 Å². The fourth-order valence-electron chi connectivity index (χ4n) is 1.35. The Kier molecular flexibility index (Phi) is 3.51. The lowest BCUT2D eigenvalue weighted by molar-refractivity contribution is 0.0493. The summed E-state index contributed by atoms with van der Waals surface area (Å²) in [6.07, 6.45) is 3.62. The van der Waals surface area contributed by atoms with Gasteiger partial charge < -0.3 is 4.74 Å². The van der Waals surface area contributed by atoms with E-state index >= 15 is 0 Å². The van der Waals surface area contributed by atoms with Gasteiger partial charge in [-0.05, 0) is 23.9 Å². The quantitative estimate of drug-likeness (QED) is 0.603. The molecule has 0 aromatic carbocycles. The minimum absolute atomic E-state index is 0.330. The second kappa shape index (κ2) is 5.07. The largest absolute Gasteiger partial charge is 0.461 e. The van der Waals surface area contributed by atoms with Crippen LogP contribution in [-0.2, 0) is 4.74 Å². The highest BCUT2D eigenvalue weighted by molar-refractivity contribution is 7.17. The summed E-state index contributed by atoms with van der Waals surface area (Å²) < 4.78 is 6.16. The van der Waals surface area contributed by atoms with E-state index in [9.17, 15) is 4.79 Å². The zero-order valence-electron chi connectivity index (χ0n) is 9.10. The minimum Gasteiger partial charge on any atom is -0.461 e. The van der Waals surface area contributed by atoms with Crippen LogP contribution in [-0.4, -0.2) is 17.6 Å². The van der Waals surface area contributed by atoms with Crippen LogP contribution < -0.4 is 0 Å². The number of thiophene rings is 1. The van der Waals surface area contributed by atoms with Gasteiger partial charge in [0.25, 0.3) is 0 Å². The van der Waals surface area contributed by atoms with E-state index in [4.69, 9.17) is 4.74 Å². The summed E-state index contributed by atoms with van der Waals surface area (Å²) in [5.74, 6) is -0.330. The second-order valence-electron chi connectivity index (χ2n) is 3.52. The molecule has 0 bridgehead atoms. The molecule has 0 unspecified atom stereocenters. The Morgan fingerprint density at radius 1 is 1.56 bits per heavy atom. The van der Waals surface area contributed by atoms with Crippen molar-refractivity contribution in [2.24, 2.45) is 0 Å². The molecule has 0 saturated carbocycles. The zero-order valence-corrected chi connectivity index (χ0v) is 9.92. The molecule has 0 aliphatic carbocycles. The molecule has 16 heavy (non-hydrogen) atoms. The van der Waals surface area contributed by atoms with E-state index in [1.165, 1.54) is 0 Å². The Bertz CT molecular complexity index is 492. The van der Waals surface area contributed by atoms with Crippen molar-refractivity contribution >= 4 is 27.4 Å². The summed E-state index contributed by atoms with van der Waals surface area (Å²) in [6, 6.07) is 3.77. The van der Waals surface area contributed by atoms with Crippen molar-refractivity contribution in [2.75, 3.05) is 6.61 Å². The van der Waals surface area contributed by atoms with Crippen LogP contribution >= 0.6 is 11.3 Å². The topological polar surface area (TPSA) is 39.2 Å². The number of nitrogens with zero attached hydrogens (tertiary/aromatic N) is 1. The van der Waals surface area contributed by atoms with Gasteiger partial charge in [-0.2, -0.15) is 0 Å². The number of ether oxygens (including phenoxy) is 1. The molecule has 0 aliphatic rings. The SMILES string of the molecule is CCCCOC(=O)c1cc2sccc2cn1. The highest BCUT2D eigenvalue weighted by atomic mass is 32.1. The molecule has 3 nitrogen and oxygen atoms in total. The minimum atomic E-state index is -0.330. The van der Waals surface area contributed by atoms with Crippen LogP contribution in [0.2, 0.25) is 0 Å². The molecule has 4 heteroatoms. The predicted molar refractivity (Wildman–Crippen MR) is 64.8 cm³/mol. The zero-order chi connectivity index (χ0) is 11.4. The number of esters is 1. The average Bonchev–Trinajstić information content (AvgIpc) is 2.76. The first-order valence-corrected chi connectivity index (χ1v) is 6.19. The standard InChI is InChI=1S/C12H13NO2S/c1-2-3-5-15-12(14)10-7-11-9(8-13-10)4-6-16-11/h4,6-8H,2-3,5H2,1H3. The van der Waals surface area contributed by atoms with E-state index in [1.807, 2.05) is 11.4 Å². The van der Waals surface area contributed by atoms with Crippen molar-refractivity contribution in [3.63, 3.8) is 0 Å². The van der Waals surface area contributed by atoms with Gasteiger partial charge >= 0.3 is 5.97 Å². The van der Waals surface area contributed by atoms with E-state index in [-0.39, 0.29) is 5.97 Å². The van der Waals surface area contributed by atoms with Crippen LogP contribution in [0.1, 0.15) is 30.3 Å². The predicted octanol–water partition coefficient (Wildman–Crippen LogP) is 3.25. The van der Waals surface area contributed by atoms with Gasteiger partial charge in [-0.15, -0.1) is 11.3 Å². The van der Waals surface area contributed by atoms with E-state index in [0.29, 0.717) is 12.3 Å². The Morgan fingerprint density at radius 2 is 2.44 bits per heavy atom. The van der Waals surface area contributed by atoms with Crippen LogP contribution in [0.3, 0.4) is 0 Å². The lowest BCUT2D eigenvalue weighted by Gasteiger charge is -2.02. The number of pyridine rings is 1. The maximum atomic E-state index is 11.6. The van der Waals surface area contributed by atoms with Crippen LogP contribution in [0.25, 0.3) is 10.1 Å². The Labute approximate surface area is 98.1 Å². The van der Waals surface area contributed by atoms with Crippen LogP contribution in [0.15, 0.2) is 23.7 Å². The molecule has 0 saturated heterocycles. The summed E-state index contributed by atoms with van der Waals surface area (Å²) in [5, 5.41) is 3.05. The van der Waals surface area contributed by atoms with Gasteiger partial charge in [0.2, 0.25) is 0 Å². The lowest BCUT2D eigenvalue weighted by atomic mass is 10.3. The first-order valence-electron chi connectivity index (χ1n) is 5.31. The first-order chi connectivity index (χ1) is 7.81. The highest BCUT2D eigenvalue weighted by Gasteiger charge is 2.09. The molecule has 2 aromatic rings. The fourth-order valence-corrected chi connectivity index (χ4v) is 2.15. The van der Waals surface area contributed by atoms with Crippen LogP contribution in [0.5, 0.6) is 0 Å². The molecule has 2 aromatic heterocycles. The average molecular weight is 235 g/mol. The van der Waals surface area contributed by atoms with E-state index in [1.54, 1.807) is 23.6 Å². The summed E-state index contributed by atoms with van der Waals surface area (Å²) in [4.78, 5) is 15.7. The van der Waals surface area contributed by atoms with Gasteiger partial charge in [0, 0.05) is 16.3 Å². The molecular formula is C12H13NO2S. The smallest absolute Gasteiger partial charge is 0.356 e. The van der Waals surface area contributed by atoms with E-state index in [0.717, 1.165) is 22.9 Å². The van der Waals surface area contributed by atoms with Gasteiger partial charge in [-0.25, -0.2) is 9.78 Å². The van der Waals surface area contributed by atoms with Crippen molar-refractivity contribution in [2.45, 2.75) is 19.8 Å². The molecule has 2 heterocycles. The lowest BCUT2D eigenvalue weighted by Crippen LogP contribution is -2.07. The normalized spacial score (nSPS) is 10.6. The van der Waals surface area contributed by atoms with E-state index < -0.39 is 0 Å². The molecule has 0 amide bonds. The number of rotatable bonds is 4. The molecule has 0 fully saturated rings. The van der Waals surface area contributed by atoms with Gasteiger partial charge in [0.1, 0.15) is 5.69 Å². The number of hydrogen-bond acceptors (Lipinski definition) is 4. The molecule has 0 N–H and O–H groups in total. The molecule has 0 atom stereocenters. The maximum absolute atomic E-state index is 11.6. The molecule has 2 rings (SSSR count). The van der Waals surface area contributed by atoms with E-state index in [2.05, 4.69) is 11.9 Å². The van der Waals surface area contributed by atoms with Gasteiger partial charge in [-0.3, -0.25) is 0 Å². The molecule has 0 spiro atoms. The highest BCUT2D eigenvalue weighted by Crippen LogP contribution is 2.20. The number of fused-ring (bicyclic) bond motifs is 1. The van der Waals surface area contributed by atoms with Gasteiger partial charge in [-0.1, -0.05) is 13.3 Å². The maximum Gasteiger partial charge on any atom is 0.356 e. The van der Waals surface area contributed by atoms with Crippen molar-refractivity contribution in [1.82, 2.24) is 4.98 Å². The molecular weight excluding hydrogens is 222 g/mol. The Morgan fingerprint density at radius 3 is 3.25 bits per heavy atom. The summed E-state index contributed by atoms with van der Waals surface area (Å²) in [6.45, 7) is 2.53. The third-order valence-electron chi connectivity index (χ3n) is 2.28. The Balaban J connectivity index is 2.10. The third-order valence-corrected chi connectivity index (χ3v) is 3.16. The van der Waals surface area contributed by atoms with Crippen LogP contribution in [0, 0.1) is 0 Å². The van der Waals surface area contributed by atoms with Crippen molar-refractivity contribution in [3.05, 3.63) is 29.4 Å². The van der Waals surface area contributed by atoms with Crippen molar-refractivity contribution in [1.29, 1.82) is 0 Å². The number of aromatic nitrogens is 1. The summed E-state index contributed by atoms with van der Waals surface area (Å²) >= 11 is 1.60. The molecule has 84 valence electrons. The second-order valence-corrected chi connectivity index (χ2v) is 4.47. The number of carbonyl (C=O) groups excluding carboxylic acids is 1. The fraction of sp³-hybridized carbons (Fsp3) is 0.333. The summed E-state index contributed by atoms with van der Waals surface area (Å²) in [5.41, 5.74) is 0.394. The summed E-state index contributed by atoms with van der Waals surface area (Å²) in [7, 11) is 0.